The molecule has 1 N–H and O–H groups in total. The number of amides is 1. The van der Waals surface area contributed by atoms with E-state index in [0.717, 1.165) is 0 Å². The van der Waals surface area contributed by atoms with Gasteiger partial charge in [0.05, 0.1) is 53.9 Å². The van der Waals surface area contributed by atoms with Crippen LogP contribution in [0.5, 0.6) is 0 Å². The quantitative estimate of drug-likeness (QED) is 0.368. The Kier molecular flexibility index (Phi) is 5.16. The fraction of sp³-hybridized carbons (Fsp3) is 0.467. The number of anilines is 1. The number of cyclic esters (lactones) is 1. The van der Waals surface area contributed by atoms with Gasteiger partial charge in [-0.05, 0) is 24.6 Å². The summed E-state index contributed by atoms with van der Waals surface area (Å²) < 4.78 is 18.0. The zero-order valence-corrected chi connectivity index (χ0v) is 15.1. The largest absolute Gasteiger partial charge is 0.619 e. The predicted octanol–water partition coefficient (Wildman–Crippen LogP) is 2.65. The molecule has 0 aromatic heterocycles. The molecule has 136 valence electrons. The Morgan fingerprint density at radius 1 is 1.56 bits per heavy atom. The summed E-state index contributed by atoms with van der Waals surface area (Å²) in [5.74, 6) is -0.684. The first-order valence-corrected chi connectivity index (χ1v) is 9.07. The molecule has 0 spiro atoms. The van der Waals surface area contributed by atoms with Gasteiger partial charge in [0.1, 0.15) is 11.9 Å². The van der Waals surface area contributed by atoms with E-state index in [2.05, 4.69) is 5.32 Å². The smallest absolute Gasteiger partial charge is 0.414 e. The summed E-state index contributed by atoms with van der Waals surface area (Å²) in [5, 5.41) is 25.7. The van der Waals surface area contributed by atoms with Gasteiger partial charge in [-0.3, -0.25) is 4.90 Å². The number of carbonyl (C=O) groups is 1. The van der Waals surface area contributed by atoms with Crippen LogP contribution >= 0.6 is 24.2 Å². The minimum atomic E-state index is -1.67. The van der Waals surface area contributed by atoms with Gasteiger partial charge >= 0.3 is 6.09 Å². The minimum absolute atomic E-state index is 0.211. The summed E-state index contributed by atoms with van der Waals surface area (Å²) in [6.45, 7) is 2.20. The maximum atomic E-state index is 14.5. The fourth-order valence-corrected chi connectivity index (χ4v) is 3.94. The van der Waals surface area contributed by atoms with Gasteiger partial charge in [-0.2, -0.15) is 0 Å². The van der Waals surface area contributed by atoms with Crippen LogP contribution in [0.4, 0.5) is 14.9 Å². The molecule has 1 aromatic rings. The van der Waals surface area contributed by atoms with Gasteiger partial charge in [0.25, 0.3) is 0 Å². The first-order valence-electron chi connectivity index (χ1n) is 7.72. The standard InChI is InChI=1S/C15H17FN3O4S2/c1-9(24)17-5-12-6-18(15(20)23-12)11-2-3-13(14(16)4-11)10-7-19(21,22)25-8-10/h2-4,10,12H,5-8H2,1H3,(H,17,24)/q-1/t10?,12-/m0/s1. The third-order valence-electron chi connectivity index (χ3n) is 4.10. The van der Waals surface area contributed by atoms with Crippen molar-refractivity contribution in [3.05, 3.63) is 40.0 Å². The van der Waals surface area contributed by atoms with Crippen molar-refractivity contribution < 1.29 is 18.1 Å². The van der Waals surface area contributed by atoms with E-state index >= 15 is 0 Å². The van der Waals surface area contributed by atoms with Gasteiger partial charge in [-0.1, -0.05) is 18.3 Å². The lowest BCUT2D eigenvalue weighted by Crippen LogP contribution is -2.32. The van der Waals surface area contributed by atoms with Crippen LogP contribution in [-0.4, -0.2) is 46.8 Å². The second-order valence-corrected chi connectivity index (χ2v) is 7.81. The summed E-state index contributed by atoms with van der Waals surface area (Å²) in [6.07, 6.45) is -0.926. The number of carbonyl (C=O) groups excluding carboxylic acids is 1. The van der Waals surface area contributed by atoms with Gasteiger partial charge in [0.15, 0.2) is 0 Å². The van der Waals surface area contributed by atoms with Crippen LogP contribution in [0.2, 0.25) is 0 Å². The molecular weight excluding hydrogens is 369 g/mol. The number of hydrogen-bond donors (Lipinski definition) is 1. The number of hydrogen-bond acceptors (Lipinski definition) is 6. The summed E-state index contributed by atoms with van der Waals surface area (Å²) >= 11 is 5.63. The van der Waals surface area contributed by atoms with Crippen molar-refractivity contribution in [3.63, 3.8) is 0 Å². The van der Waals surface area contributed by atoms with Crippen molar-refractivity contribution >= 4 is 40.9 Å². The Labute approximate surface area is 154 Å². The number of quaternary nitrogens is 1. The van der Waals surface area contributed by atoms with Gasteiger partial charge in [0.2, 0.25) is 0 Å². The molecule has 0 aliphatic carbocycles. The fourth-order valence-electron chi connectivity index (χ4n) is 2.88. The molecule has 1 aromatic carbocycles. The third-order valence-corrected chi connectivity index (χ3v) is 5.34. The van der Waals surface area contributed by atoms with Crippen LogP contribution in [-0.2, 0) is 4.74 Å². The SMILES string of the molecule is CC(=S)NC[C@H]1CN(c2ccc(C3CS[N+]([O-])([O-])C3)c(F)c2)C(=O)O1. The van der Waals surface area contributed by atoms with Crippen molar-refractivity contribution in [1.29, 1.82) is 0 Å². The Bertz CT molecular complexity index is 703. The number of ether oxygens (including phenoxy) is 1. The van der Waals surface area contributed by atoms with Crippen LogP contribution in [0.25, 0.3) is 0 Å². The number of thiocarbonyl (C=S) groups is 1. The van der Waals surface area contributed by atoms with Crippen molar-refractivity contribution in [3.8, 4) is 0 Å². The lowest BCUT2D eigenvalue weighted by molar-refractivity contribution is -0.677. The zero-order chi connectivity index (χ0) is 18.2. The molecule has 3 rings (SSSR count). The Morgan fingerprint density at radius 3 is 2.92 bits per heavy atom. The molecule has 2 saturated heterocycles. The number of halogens is 1. The molecule has 1 amide bonds. The lowest BCUT2D eigenvalue weighted by Gasteiger charge is -2.39. The van der Waals surface area contributed by atoms with E-state index in [9.17, 15) is 19.6 Å². The average molecular weight is 386 g/mol. The van der Waals surface area contributed by atoms with Crippen LogP contribution < -0.4 is 10.2 Å². The monoisotopic (exact) mass is 386 g/mol. The molecule has 7 nitrogen and oxygen atoms in total. The number of benzene rings is 1. The van der Waals surface area contributed by atoms with E-state index in [1.807, 2.05) is 0 Å². The highest BCUT2D eigenvalue weighted by Crippen LogP contribution is 2.39. The van der Waals surface area contributed by atoms with E-state index in [4.69, 9.17) is 17.0 Å². The van der Waals surface area contributed by atoms with Crippen molar-refractivity contribution in [2.24, 2.45) is 0 Å². The summed E-state index contributed by atoms with van der Waals surface area (Å²) in [6, 6.07) is 4.37. The van der Waals surface area contributed by atoms with Crippen molar-refractivity contribution in [2.75, 3.05) is 30.3 Å². The van der Waals surface area contributed by atoms with E-state index in [1.54, 1.807) is 13.0 Å². The highest BCUT2D eigenvalue weighted by atomic mass is 32.2. The first kappa shape index (κ1) is 18.3. The topological polar surface area (TPSA) is 87.7 Å². The van der Waals surface area contributed by atoms with Gasteiger partial charge in [-0.15, -0.1) is 0 Å². The lowest BCUT2D eigenvalue weighted by atomic mass is 10.00. The summed E-state index contributed by atoms with van der Waals surface area (Å²) in [7, 11) is 0. The van der Waals surface area contributed by atoms with Crippen LogP contribution in [0.15, 0.2) is 18.2 Å². The molecule has 0 saturated carbocycles. The van der Waals surface area contributed by atoms with Crippen LogP contribution in [0, 0.1) is 16.2 Å². The van der Waals surface area contributed by atoms with E-state index in [1.165, 1.54) is 17.0 Å². The second-order valence-electron chi connectivity index (χ2n) is 6.05. The molecular formula is C15H17FN3O4S2-. The number of hydroxylamine groups is 2. The minimum Gasteiger partial charge on any atom is -0.619 e. The molecule has 2 heterocycles. The Morgan fingerprint density at radius 2 is 2.32 bits per heavy atom. The molecule has 1 unspecified atom stereocenters. The molecule has 0 radical (unpaired) electrons. The molecule has 25 heavy (non-hydrogen) atoms. The zero-order valence-electron chi connectivity index (χ0n) is 13.4. The van der Waals surface area contributed by atoms with Gasteiger partial charge in [0, 0.05) is 0 Å². The number of nitrogens with one attached hydrogen (secondary N) is 1. The van der Waals surface area contributed by atoms with Crippen LogP contribution in [0.3, 0.4) is 0 Å². The number of rotatable bonds is 4. The number of nitrogens with zero attached hydrogens (tertiary/aromatic N) is 2. The average Bonchev–Trinajstić information content (AvgIpc) is 3.07. The highest BCUT2D eigenvalue weighted by Gasteiger charge is 2.34. The first-order chi connectivity index (χ1) is 11.7. The van der Waals surface area contributed by atoms with E-state index in [0.29, 0.717) is 34.7 Å². The summed E-state index contributed by atoms with van der Waals surface area (Å²) in [4.78, 5) is 14.0. The molecule has 2 fully saturated rings. The maximum absolute atomic E-state index is 14.5. The maximum Gasteiger partial charge on any atom is 0.414 e. The van der Waals surface area contributed by atoms with Crippen molar-refractivity contribution in [2.45, 2.75) is 18.9 Å². The Balaban J connectivity index is 1.70. The van der Waals surface area contributed by atoms with Crippen LogP contribution in [0.1, 0.15) is 18.4 Å². The second kappa shape index (κ2) is 7.04. The third kappa shape index (κ3) is 4.21. The Hall–Kier alpha value is -1.46. The van der Waals surface area contributed by atoms with Gasteiger partial charge < -0.3 is 24.7 Å². The van der Waals surface area contributed by atoms with E-state index in [-0.39, 0.29) is 24.9 Å². The predicted molar refractivity (Wildman–Crippen MR) is 97.4 cm³/mol. The highest BCUT2D eigenvalue weighted by molar-refractivity contribution is 7.94. The molecule has 10 heteroatoms. The van der Waals surface area contributed by atoms with Crippen molar-refractivity contribution in [1.82, 2.24) is 5.32 Å². The molecule has 0 bridgehead atoms. The van der Waals surface area contributed by atoms with Gasteiger partial charge in [-0.25, -0.2) is 9.18 Å². The molecule has 2 aliphatic rings. The summed E-state index contributed by atoms with van der Waals surface area (Å²) in [5.41, 5.74) is 0.702. The van der Waals surface area contributed by atoms with E-state index < -0.39 is 22.0 Å². The molecule has 2 atom stereocenters. The normalized spacial score (nSPS) is 25.1. The molecule has 2 aliphatic heterocycles.